The first kappa shape index (κ1) is 23.6. The van der Waals surface area contributed by atoms with Crippen molar-refractivity contribution in [2.45, 2.75) is 11.8 Å². The summed E-state index contributed by atoms with van der Waals surface area (Å²) in [6.45, 7) is 2.04. The average molecular weight is 497 g/mol. The highest BCUT2D eigenvalue weighted by Crippen LogP contribution is 2.33. The molecule has 0 aliphatic carbocycles. The molecule has 1 heterocycles. The van der Waals surface area contributed by atoms with E-state index in [1.165, 1.54) is 34.9 Å². The van der Waals surface area contributed by atoms with Crippen LogP contribution < -0.4 is 19.1 Å². The van der Waals surface area contributed by atoms with E-state index in [1.54, 1.807) is 56.5 Å². The largest absolute Gasteiger partial charge is 0.497 e. The van der Waals surface area contributed by atoms with Crippen molar-refractivity contribution in [3.05, 3.63) is 77.7 Å². The van der Waals surface area contributed by atoms with Crippen molar-refractivity contribution in [2.24, 2.45) is 0 Å². The van der Waals surface area contributed by atoms with Crippen molar-refractivity contribution in [1.29, 1.82) is 0 Å². The number of carbonyl (C=O) groups is 1. The van der Waals surface area contributed by atoms with Gasteiger partial charge in [-0.05, 0) is 73.0 Å². The number of sulfonamides is 1. The Bertz CT molecular complexity index is 1430. The van der Waals surface area contributed by atoms with Crippen LogP contribution in [0.2, 0.25) is 0 Å². The molecular weight excluding hydrogens is 472 g/mol. The molecule has 1 aromatic heterocycles. The van der Waals surface area contributed by atoms with Crippen LogP contribution in [0.4, 0.5) is 11.4 Å². The molecule has 0 unspecified atom stereocenters. The van der Waals surface area contributed by atoms with Gasteiger partial charge in [0.25, 0.3) is 15.9 Å². The third kappa shape index (κ3) is 4.57. The molecule has 0 radical (unpaired) electrons. The predicted octanol–water partition coefficient (Wildman–Crippen LogP) is 5.39. The number of carbonyl (C=O) groups excluding carboxylic acids is 1. The Morgan fingerprint density at radius 1 is 0.971 bits per heavy atom. The molecule has 0 saturated carbocycles. The van der Waals surface area contributed by atoms with Gasteiger partial charge in [0.15, 0.2) is 0 Å². The molecule has 34 heavy (non-hydrogen) atoms. The van der Waals surface area contributed by atoms with Gasteiger partial charge in [0.05, 0.1) is 35.4 Å². The lowest BCUT2D eigenvalue weighted by Crippen LogP contribution is -2.30. The fourth-order valence-corrected chi connectivity index (χ4v) is 6.00. The Balaban J connectivity index is 1.63. The summed E-state index contributed by atoms with van der Waals surface area (Å²) in [7, 11) is -0.690. The molecule has 1 amide bonds. The van der Waals surface area contributed by atoms with Gasteiger partial charge in [-0.3, -0.25) is 9.10 Å². The van der Waals surface area contributed by atoms with E-state index in [-0.39, 0.29) is 17.3 Å². The standard InChI is InChI=1S/C25H24N2O5S2/c1-4-27(34(29,30)20-12-10-19(31-2)11-13-20)18-9-14-23-17(15-18)16-24(33-23)25(28)26-21-7-5-6-8-22(21)32-3/h5-16H,4H2,1-3H3,(H,26,28). The lowest BCUT2D eigenvalue weighted by Gasteiger charge is -2.23. The van der Waals surface area contributed by atoms with Crippen LogP contribution in [0.5, 0.6) is 11.5 Å². The molecule has 0 saturated heterocycles. The number of para-hydroxylation sites is 2. The fourth-order valence-electron chi connectivity index (χ4n) is 3.60. The molecule has 7 nitrogen and oxygen atoms in total. The van der Waals surface area contributed by atoms with Gasteiger partial charge in [0, 0.05) is 11.2 Å². The Morgan fingerprint density at radius 3 is 2.38 bits per heavy atom. The summed E-state index contributed by atoms with van der Waals surface area (Å²) in [6, 6.07) is 20.6. The first-order valence-corrected chi connectivity index (χ1v) is 12.8. The summed E-state index contributed by atoms with van der Waals surface area (Å²) in [6.07, 6.45) is 0. The van der Waals surface area contributed by atoms with Gasteiger partial charge in [-0.2, -0.15) is 0 Å². The number of hydrogen-bond acceptors (Lipinski definition) is 6. The molecule has 4 rings (SSSR count). The average Bonchev–Trinajstić information content (AvgIpc) is 3.28. The van der Waals surface area contributed by atoms with E-state index in [9.17, 15) is 13.2 Å². The number of nitrogens with zero attached hydrogens (tertiary/aromatic N) is 1. The van der Waals surface area contributed by atoms with Crippen LogP contribution in [-0.2, 0) is 10.0 Å². The maximum Gasteiger partial charge on any atom is 0.265 e. The molecule has 0 fully saturated rings. The highest BCUT2D eigenvalue weighted by molar-refractivity contribution is 7.92. The maximum absolute atomic E-state index is 13.3. The van der Waals surface area contributed by atoms with Gasteiger partial charge in [0.2, 0.25) is 0 Å². The zero-order valence-corrected chi connectivity index (χ0v) is 20.6. The van der Waals surface area contributed by atoms with Gasteiger partial charge >= 0.3 is 0 Å². The third-order valence-corrected chi connectivity index (χ3v) is 8.33. The number of methoxy groups -OCH3 is 2. The van der Waals surface area contributed by atoms with Crippen molar-refractivity contribution in [3.63, 3.8) is 0 Å². The summed E-state index contributed by atoms with van der Waals surface area (Å²) in [5, 5.41) is 3.66. The molecule has 3 aromatic carbocycles. The van der Waals surface area contributed by atoms with E-state index in [2.05, 4.69) is 5.32 Å². The van der Waals surface area contributed by atoms with Crippen molar-refractivity contribution < 1.29 is 22.7 Å². The molecule has 0 spiro atoms. The monoisotopic (exact) mass is 496 g/mol. The molecule has 1 N–H and O–H groups in total. The van der Waals surface area contributed by atoms with E-state index in [1.807, 2.05) is 18.2 Å². The second-order valence-electron chi connectivity index (χ2n) is 7.33. The smallest absolute Gasteiger partial charge is 0.265 e. The summed E-state index contributed by atoms with van der Waals surface area (Å²) in [5.74, 6) is 0.896. The normalized spacial score (nSPS) is 11.3. The Morgan fingerprint density at radius 2 is 1.71 bits per heavy atom. The van der Waals surface area contributed by atoms with Crippen LogP contribution in [-0.4, -0.2) is 35.1 Å². The number of benzene rings is 3. The summed E-state index contributed by atoms with van der Waals surface area (Å²) in [4.78, 5) is 13.5. The summed E-state index contributed by atoms with van der Waals surface area (Å²) >= 11 is 1.34. The topological polar surface area (TPSA) is 84.9 Å². The lowest BCUT2D eigenvalue weighted by molar-refractivity contribution is 0.103. The Hall–Kier alpha value is -3.56. The summed E-state index contributed by atoms with van der Waals surface area (Å²) in [5.41, 5.74) is 1.11. The number of rotatable bonds is 8. The van der Waals surface area contributed by atoms with Crippen LogP contribution >= 0.6 is 11.3 Å². The molecule has 4 aromatic rings. The Kier molecular flexibility index (Phi) is 6.76. The van der Waals surface area contributed by atoms with Crippen LogP contribution in [0.1, 0.15) is 16.6 Å². The minimum atomic E-state index is -3.77. The van der Waals surface area contributed by atoms with E-state index in [0.717, 1.165) is 10.1 Å². The summed E-state index contributed by atoms with van der Waals surface area (Å²) < 4.78 is 39.2. The lowest BCUT2D eigenvalue weighted by atomic mass is 10.2. The number of fused-ring (bicyclic) bond motifs is 1. The van der Waals surface area contributed by atoms with Gasteiger partial charge in [-0.15, -0.1) is 11.3 Å². The van der Waals surface area contributed by atoms with E-state index < -0.39 is 10.0 Å². The van der Waals surface area contributed by atoms with Crippen LogP contribution in [0.15, 0.2) is 77.7 Å². The molecule has 176 valence electrons. The minimum Gasteiger partial charge on any atom is -0.497 e. The quantitative estimate of drug-likeness (QED) is 0.354. The molecule has 9 heteroatoms. The second kappa shape index (κ2) is 9.74. The predicted molar refractivity (Wildman–Crippen MR) is 136 cm³/mol. The molecule has 0 aliphatic heterocycles. The maximum atomic E-state index is 13.3. The minimum absolute atomic E-state index is 0.178. The van der Waals surface area contributed by atoms with Crippen LogP contribution in [0.3, 0.4) is 0 Å². The van der Waals surface area contributed by atoms with Gasteiger partial charge in [-0.25, -0.2) is 8.42 Å². The molecule has 0 bridgehead atoms. The number of thiophene rings is 1. The first-order valence-electron chi connectivity index (χ1n) is 10.5. The van der Waals surface area contributed by atoms with Crippen molar-refractivity contribution >= 4 is 48.7 Å². The molecule has 0 aliphatic rings. The zero-order valence-electron chi connectivity index (χ0n) is 18.9. The number of hydrogen-bond donors (Lipinski definition) is 1. The second-order valence-corrected chi connectivity index (χ2v) is 10.3. The Labute approximate surface area is 202 Å². The SMILES string of the molecule is CCN(c1ccc2sc(C(=O)Nc3ccccc3OC)cc2c1)S(=O)(=O)c1ccc(OC)cc1. The highest BCUT2D eigenvalue weighted by Gasteiger charge is 2.24. The van der Waals surface area contributed by atoms with Crippen LogP contribution in [0.25, 0.3) is 10.1 Å². The van der Waals surface area contributed by atoms with Gasteiger partial charge in [-0.1, -0.05) is 12.1 Å². The first-order chi connectivity index (χ1) is 16.4. The van der Waals surface area contributed by atoms with Crippen molar-refractivity contribution in [1.82, 2.24) is 0 Å². The van der Waals surface area contributed by atoms with Crippen molar-refractivity contribution in [3.8, 4) is 11.5 Å². The van der Waals surface area contributed by atoms with Crippen molar-refractivity contribution in [2.75, 3.05) is 30.4 Å². The molecule has 0 atom stereocenters. The fraction of sp³-hybridized carbons (Fsp3) is 0.160. The number of nitrogens with one attached hydrogen (secondary N) is 1. The van der Waals surface area contributed by atoms with Gasteiger partial charge in [0.1, 0.15) is 11.5 Å². The molecular formula is C25H24N2O5S2. The van der Waals surface area contributed by atoms with E-state index in [4.69, 9.17) is 9.47 Å². The zero-order chi connectivity index (χ0) is 24.3. The number of ether oxygens (including phenoxy) is 2. The third-order valence-electron chi connectivity index (χ3n) is 5.30. The number of anilines is 2. The van der Waals surface area contributed by atoms with Crippen LogP contribution in [0, 0.1) is 0 Å². The van der Waals surface area contributed by atoms with E-state index in [0.29, 0.717) is 27.8 Å². The highest BCUT2D eigenvalue weighted by atomic mass is 32.2. The number of amides is 1. The van der Waals surface area contributed by atoms with E-state index >= 15 is 0 Å². The van der Waals surface area contributed by atoms with Gasteiger partial charge < -0.3 is 14.8 Å².